The maximum atomic E-state index is 13.0. The molecule has 0 unspecified atom stereocenters. The van der Waals surface area contributed by atoms with Gasteiger partial charge in [0.2, 0.25) is 34.8 Å². The predicted molar refractivity (Wildman–Crippen MR) is 93.6 cm³/mol. The van der Waals surface area contributed by atoms with Crippen LogP contribution in [0.2, 0.25) is 0 Å². The molecule has 0 N–H and O–H groups in total. The number of carbonyl (C=O) groups excluding carboxylic acids is 2. The summed E-state index contributed by atoms with van der Waals surface area (Å²) in [6.07, 6.45) is 0. The minimum absolute atomic E-state index is 0.256. The van der Waals surface area contributed by atoms with Crippen LogP contribution in [0.3, 0.4) is 0 Å². The summed E-state index contributed by atoms with van der Waals surface area (Å²) in [7, 11) is 0. The van der Waals surface area contributed by atoms with E-state index in [1.54, 1.807) is 31.2 Å². The minimum atomic E-state index is -2.32. The molecule has 0 heterocycles. The smallest absolute Gasteiger partial charge is 0.338 e. The monoisotopic (exact) mass is 414 g/mol. The van der Waals surface area contributed by atoms with Gasteiger partial charge in [0, 0.05) is 11.1 Å². The highest BCUT2D eigenvalue weighted by atomic mass is 19.2. The van der Waals surface area contributed by atoms with Crippen LogP contribution in [0.4, 0.5) is 22.0 Å². The molecule has 0 amide bonds. The summed E-state index contributed by atoms with van der Waals surface area (Å²) in [6.45, 7) is 9.33. The van der Waals surface area contributed by atoms with Crippen molar-refractivity contribution < 1.29 is 41.0 Å². The lowest BCUT2D eigenvalue weighted by Gasteiger charge is -2.08. The summed E-state index contributed by atoms with van der Waals surface area (Å²) in [5.41, 5.74) is 0.146. The maximum absolute atomic E-state index is 13.0. The average molecular weight is 414 g/mol. The summed E-state index contributed by atoms with van der Waals surface area (Å²) < 4.78 is 72.9. The first-order valence-corrected chi connectivity index (χ1v) is 7.79. The zero-order valence-electron chi connectivity index (χ0n) is 15.3. The van der Waals surface area contributed by atoms with Crippen molar-refractivity contribution in [2.24, 2.45) is 0 Å². The molecule has 2 rings (SSSR count). The molecule has 154 valence electrons. The average Bonchev–Trinajstić information content (AvgIpc) is 2.69. The quantitative estimate of drug-likeness (QED) is 0.176. The summed E-state index contributed by atoms with van der Waals surface area (Å²) in [5, 5.41) is 0. The second-order valence-electron chi connectivity index (χ2n) is 5.55. The van der Waals surface area contributed by atoms with E-state index in [9.17, 15) is 31.5 Å². The fourth-order valence-corrected chi connectivity index (χ4v) is 1.54. The van der Waals surface area contributed by atoms with Gasteiger partial charge >= 0.3 is 11.9 Å². The molecule has 29 heavy (non-hydrogen) atoms. The third-order valence-corrected chi connectivity index (χ3v) is 3.01. The van der Waals surface area contributed by atoms with Crippen molar-refractivity contribution in [1.29, 1.82) is 0 Å². The van der Waals surface area contributed by atoms with Crippen LogP contribution in [-0.2, 0) is 9.59 Å². The van der Waals surface area contributed by atoms with Crippen molar-refractivity contribution >= 4 is 11.9 Å². The molecule has 0 saturated heterocycles. The molecular weight excluding hydrogens is 399 g/mol. The van der Waals surface area contributed by atoms with E-state index >= 15 is 0 Å². The van der Waals surface area contributed by atoms with Gasteiger partial charge < -0.3 is 9.47 Å². The second kappa shape index (κ2) is 10.2. The highest BCUT2D eigenvalue weighted by Gasteiger charge is 2.28. The first-order valence-electron chi connectivity index (χ1n) is 7.79. The Labute approximate surface area is 162 Å². The lowest BCUT2D eigenvalue weighted by atomic mass is 10.2. The molecule has 2 aromatic rings. The van der Waals surface area contributed by atoms with E-state index in [0.717, 1.165) is 6.92 Å². The minimum Gasteiger partial charge on any atom is -0.423 e. The molecule has 2 aromatic carbocycles. The zero-order chi connectivity index (χ0) is 22.3. The van der Waals surface area contributed by atoms with Crippen LogP contribution >= 0.6 is 0 Å². The largest absolute Gasteiger partial charge is 0.423 e. The fourth-order valence-electron chi connectivity index (χ4n) is 1.54. The summed E-state index contributed by atoms with van der Waals surface area (Å²) in [4.78, 5) is 21.9. The molecule has 0 fully saturated rings. The van der Waals surface area contributed by atoms with Crippen molar-refractivity contribution in [2.45, 2.75) is 13.8 Å². The van der Waals surface area contributed by atoms with Crippen molar-refractivity contribution in [3.8, 4) is 11.5 Å². The fraction of sp³-hybridized carbons (Fsp3) is 0.100. The lowest BCUT2D eigenvalue weighted by Crippen LogP contribution is -2.13. The van der Waals surface area contributed by atoms with Gasteiger partial charge in [-0.05, 0) is 26.0 Å². The highest BCUT2D eigenvalue weighted by Crippen LogP contribution is 2.29. The standard InChI is InChI=1S/C10H5F5O2.C10H10O2/c1-3(2)10(16)17-9-7(14)5(12)4(11)6(13)8(9)15;1-8(2)10(11)12-9-6-4-3-5-7-9/h1H2,2H3;3-7H,1H2,2H3. The number of ether oxygens (including phenoxy) is 2. The number of carbonyl (C=O) groups is 2. The van der Waals surface area contributed by atoms with Gasteiger partial charge in [0.05, 0.1) is 0 Å². The topological polar surface area (TPSA) is 52.6 Å². The van der Waals surface area contributed by atoms with Gasteiger partial charge in [-0.1, -0.05) is 31.4 Å². The van der Waals surface area contributed by atoms with Gasteiger partial charge in [-0.3, -0.25) is 0 Å². The van der Waals surface area contributed by atoms with Crippen LogP contribution in [0, 0.1) is 29.1 Å². The van der Waals surface area contributed by atoms with E-state index in [1.165, 1.54) is 0 Å². The molecule has 4 nitrogen and oxygen atoms in total. The Morgan fingerprint density at radius 2 is 1.07 bits per heavy atom. The summed E-state index contributed by atoms with van der Waals surface area (Å²) in [5.74, 6) is -13.9. The molecular formula is C20H15F5O4. The van der Waals surface area contributed by atoms with E-state index in [1.807, 2.05) is 6.07 Å². The summed E-state index contributed by atoms with van der Waals surface area (Å²) in [6, 6.07) is 8.92. The Morgan fingerprint density at radius 1 is 0.690 bits per heavy atom. The molecule has 0 aliphatic rings. The van der Waals surface area contributed by atoms with Crippen LogP contribution < -0.4 is 9.47 Å². The molecule has 0 atom stereocenters. The molecule has 0 aromatic heterocycles. The SMILES string of the molecule is C=C(C)C(=O)Oc1c(F)c(F)c(F)c(F)c1F.C=C(C)C(=O)Oc1ccccc1. The van der Waals surface area contributed by atoms with E-state index in [-0.39, 0.29) is 11.5 Å². The maximum Gasteiger partial charge on any atom is 0.338 e. The van der Waals surface area contributed by atoms with Crippen LogP contribution in [0.5, 0.6) is 11.5 Å². The first kappa shape index (κ1) is 23.5. The Hall–Kier alpha value is -3.49. The van der Waals surface area contributed by atoms with Gasteiger partial charge in [0.15, 0.2) is 0 Å². The number of halogens is 5. The molecule has 0 aliphatic heterocycles. The van der Waals surface area contributed by atoms with E-state index in [4.69, 9.17) is 4.74 Å². The van der Waals surface area contributed by atoms with E-state index < -0.39 is 40.8 Å². The molecule has 0 aliphatic carbocycles. The number of rotatable bonds is 4. The predicted octanol–water partition coefficient (Wildman–Crippen LogP) is 5.03. The van der Waals surface area contributed by atoms with Crippen LogP contribution in [-0.4, -0.2) is 11.9 Å². The van der Waals surface area contributed by atoms with Gasteiger partial charge in [-0.15, -0.1) is 0 Å². The van der Waals surface area contributed by atoms with Gasteiger partial charge in [0.1, 0.15) is 5.75 Å². The number of benzene rings is 2. The van der Waals surface area contributed by atoms with Crippen molar-refractivity contribution in [2.75, 3.05) is 0 Å². The van der Waals surface area contributed by atoms with Crippen LogP contribution in [0.1, 0.15) is 13.8 Å². The van der Waals surface area contributed by atoms with Crippen molar-refractivity contribution in [1.82, 2.24) is 0 Å². The van der Waals surface area contributed by atoms with E-state index in [0.29, 0.717) is 11.3 Å². The Morgan fingerprint density at radius 3 is 1.48 bits per heavy atom. The normalized spacial score (nSPS) is 9.76. The third kappa shape index (κ3) is 6.27. The first-order chi connectivity index (χ1) is 13.5. The van der Waals surface area contributed by atoms with Crippen LogP contribution in [0.15, 0.2) is 54.6 Å². The molecule has 0 spiro atoms. The molecule has 0 bridgehead atoms. The van der Waals surface area contributed by atoms with Crippen molar-refractivity contribution in [3.05, 3.63) is 83.7 Å². The Bertz CT molecular complexity index is 926. The Kier molecular flexibility index (Phi) is 8.25. The number of hydrogen-bond acceptors (Lipinski definition) is 4. The van der Waals surface area contributed by atoms with Gasteiger partial charge in [-0.2, -0.15) is 8.78 Å². The Balaban J connectivity index is 0.000000308. The molecule has 0 radical (unpaired) electrons. The van der Waals surface area contributed by atoms with Crippen LogP contribution in [0.25, 0.3) is 0 Å². The zero-order valence-corrected chi connectivity index (χ0v) is 15.3. The third-order valence-electron chi connectivity index (χ3n) is 3.01. The molecule has 0 saturated carbocycles. The number of esters is 2. The number of hydrogen-bond donors (Lipinski definition) is 0. The number of para-hydroxylation sites is 1. The lowest BCUT2D eigenvalue weighted by molar-refractivity contribution is -0.131. The second-order valence-corrected chi connectivity index (χ2v) is 5.55. The van der Waals surface area contributed by atoms with Gasteiger partial charge in [0.25, 0.3) is 0 Å². The molecule has 9 heteroatoms. The van der Waals surface area contributed by atoms with E-state index in [2.05, 4.69) is 17.9 Å². The van der Waals surface area contributed by atoms with Crippen molar-refractivity contribution in [3.63, 3.8) is 0 Å². The highest BCUT2D eigenvalue weighted by molar-refractivity contribution is 5.89. The van der Waals surface area contributed by atoms with Gasteiger partial charge in [-0.25, -0.2) is 22.8 Å². The summed E-state index contributed by atoms with van der Waals surface area (Å²) >= 11 is 0.